The van der Waals surface area contributed by atoms with Gasteiger partial charge in [0, 0.05) is 18.3 Å². The fourth-order valence-corrected chi connectivity index (χ4v) is 3.19. The SMILES string of the molecule is CCC(C#N)(CCCN1c2ccccc2CC1C)NC. The van der Waals surface area contributed by atoms with E-state index in [9.17, 15) is 5.26 Å². The number of anilines is 1. The molecule has 3 nitrogen and oxygen atoms in total. The second-order valence-corrected chi connectivity index (χ2v) is 5.78. The van der Waals surface area contributed by atoms with Gasteiger partial charge in [-0.15, -0.1) is 0 Å². The number of nitriles is 1. The molecule has 1 aromatic carbocycles. The summed E-state index contributed by atoms with van der Waals surface area (Å²) in [7, 11) is 1.89. The molecule has 3 heteroatoms. The number of nitrogens with one attached hydrogen (secondary N) is 1. The number of nitrogens with zero attached hydrogens (tertiary/aromatic N) is 2. The minimum absolute atomic E-state index is 0.359. The first kappa shape index (κ1) is 14.9. The van der Waals surface area contributed by atoms with Crippen LogP contribution in [0.3, 0.4) is 0 Å². The molecule has 108 valence electrons. The molecule has 2 atom stereocenters. The van der Waals surface area contributed by atoms with Crippen LogP contribution < -0.4 is 10.2 Å². The van der Waals surface area contributed by atoms with Crippen molar-refractivity contribution in [3.63, 3.8) is 0 Å². The van der Waals surface area contributed by atoms with E-state index in [1.54, 1.807) is 0 Å². The van der Waals surface area contributed by atoms with E-state index >= 15 is 0 Å². The Labute approximate surface area is 122 Å². The largest absolute Gasteiger partial charge is 0.368 e. The molecule has 0 amide bonds. The van der Waals surface area contributed by atoms with Crippen molar-refractivity contribution in [2.75, 3.05) is 18.5 Å². The number of hydrogen-bond acceptors (Lipinski definition) is 3. The topological polar surface area (TPSA) is 39.1 Å². The molecule has 0 aliphatic carbocycles. The van der Waals surface area contributed by atoms with Crippen LogP contribution in [0.4, 0.5) is 5.69 Å². The molecule has 20 heavy (non-hydrogen) atoms. The standard InChI is InChI=1S/C17H25N3/c1-4-17(13-18,19-3)10-7-11-20-14(2)12-15-8-5-6-9-16(15)20/h5-6,8-9,14,19H,4,7,10-12H2,1-3H3. The van der Waals surface area contributed by atoms with E-state index in [4.69, 9.17) is 0 Å². The summed E-state index contributed by atoms with van der Waals surface area (Å²) in [6.07, 6.45) is 3.94. The Morgan fingerprint density at radius 1 is 1.45 bits per heavy atom. The first-order chi connectivity index (χ1) is 9.65. The van der Waals surface area contributed by atoms with E-state index in [2.05, 4.69) is 54.4 Å². The third-order valence-electron chi connectivity index (χ3n) is 4.65. The lowest BCUT2D eigenvalue weighted by Gasteiger charge is -2.28. The molecule has 0 saturated carbocycles. The van der Waals surface area contributed by atoms with Gasteiger partial charge in [-0.1, -0.05) is 25.1 Å². The van der Waals surface area contributed by atoms with Gasteiger partial charge in [0.1, 0.15) is 5.54 Å². The van der Waals surface area contributed by atoms with Crippen molar-refractivity contribution in [1.29, 1.82) is 5.26 Å². The van der Waals surface area contributed by atoms with Gasteiger partial charge in [-0.3, -0.25) is 0 Å². The maximum atomic E-state index is 9.35. The van der Waals surface area contributed by atoms with Gasteiger partial charge in [0.2, 0.25) is 0 Å². The summed E-state index contributed by atoms with van der Waals surface area (Å²) in [5.41, 5.74) is 2.47. The zero-order valence-electron chi connectivity index (χ0n) is 12.8. The summed E-state index contributed by atoms with van der Waals surface area (Å²) in [5.74, 6) is 0. The van der Waals surface area contributed by atoms with Gasteiger partial charge in [-0.2, -0.15) is 5.26 Å². The average molecular weight is 271 g/mol. The molecular weight excluding hydrogens is 246 g/mol. The van der Waals surface area contributed by atoms with Crippen LogP contribution in [-0.2, 0) is 6.42 Å². The minimum Gasteiger partial charge on any atom is -0.368 e. The second-order valence-electron chi connectivity index (χ2n) is 5.78. The Balaban J connectivity index is 1.97. The van der Waals surface area contributed by atoms with Gasteiger partial charge in [0.05, 0.1) is 6.07 Å². The van der Waals surface area contributed by atoms with Crippen molar-refractivity contribution in [3.05, 3.63) is 29.8 Å². The molecule has 0 fully saturated rings. The van der Waals surface area contributed by atoms with E-state index in [0.29, 0.717) is 6.04 Å². The molecule has 1 aliphatic heterocycles. The van der Waals surface area contributed by atoms with Crippen LogP contribution >= 0.6 is 0 Å². The van der Waals surface area contributed by atoms with E-state index in [1.165, 1.54) is 11.3 Å². The number of rotatable bonds is 6. The van der Waals surface area contributed by atoms with Crippen LogP contribution in [0.25, 0.3) is 0 Å². The third kappa shape index (κ3) is 2.81. The Kier molecular flexibility index (Phi) is 4.67. The Hall–Kier alpha value is -1.53. The van der Waals surface area contributed by atoms with Crippen molar-refractivity contribution in [2.24, 2.45) is 0 Å². The van der Waals surface area contributed by atoms with Crippen LogP contribution in [0.15, 0.2) is 24.3 Å². The Morgan fingerprint density at radius 3 is 2.85 bits per heavy atom. The smallest absolute Gasteiger partial charge is 0.106 e. The molecule has 1 heterocycles. The van der Waals surface area contributed by atoms with Gasteiger partial charge in [0.15, 0.2) is 0 Å². The molecule has 0 radical (unpaired) electrons. The third-order valence-corrected chi connectivity index (χ3v) is 4.65. The molecule has 1 N–H and O–H groups in total. The highest BCUT2D eigenvalue weighted by molar-refractivity contribution is 5.59. The molecule has 0 aromatic heterocycles. The first-order valence-electron chi connectivity index (χ1n) is 7.60. The number of hydrogen-bond donors (Lipinski definition) is 1. The lowest BCUT2D eigenvalue weighted by atomic mass is 9.92. The molecule has 1 aliphatic rings. The minimum atomic E-state index is -0.359. The highest BCUT2D eigenvalue weighted by Gasteiger charge is 2.28. The van der Waals surface area contributed by atoms with Crippen molar-refractivity contribution in [1.82, 2.24) is 5.32 Å². The van der Waals surface area contributed by atoms with E-state index in [1.807, 2.05) is 7.05 Å². The summed E-state index contributed by atoms with van der Waals surface area (Å²) < 4.78 is 0. The van der Waals surface area contributed by atoms with Crippen molar-refractivity contribution in [2.45, 2.75) is 51.1 Å². The van der Waals surface area contributed by atoms with Gasteiger partial charge >= 0.3 is 0 Å². The summed E-state index contributed by atoms with van der Waals surface area (Å²) in [6, 6.07) is 11.7. The normalized spacial score (nSPS) is 20.3. The molecular formula is C17H25N3. The number of benzene rings is 1. The molecule has 0 spiro atoms. The Morgan fingerprint density at radius 2 is 2.20 bits per heavy atom. The first-order valence-corrected chi connectivity index (χ1v) is 7.60. The van der Waals surface area contributed by atoms with Crippen LogP contribution in [0.1, 0.15) is 38.7 Å². The monoisotopic (exact) mass is 271 g/mol. The van der Waals surface area contributed by atoms with Crippen LogP contribution in [0.2, 0.25) is 0 Å². The summed E-state index contributed by atoms with van der Waals surface area (Å²) >= 11 is 0. The predicted molar refractivity (Wildman–Crippen MR) is 83.9 cm³/mol. The summed E-state index contributed by atoms with van der Waals surface area (Å²) in [4.78, 5) is 2.49. The maximum absolute atomic E-state index is 9.35. The molecule has 1 aromatic rings. The van der Waals surface area contributed by atoms with Gasteiger partial charge in [0.25, 0.3) is 0 Å². The zero-order valence-corrected chi connectivity index (χ0v) is 12.8. The van der Waals surface area contributed by atoms with E-state index in [0.717, 1.165) is 32.2 Å². The molecule has 2 rings (SSSR count). The van der Waals surface area contributed by atoms with Gasteiger partial charge in [-0.25, -0.2) is 0 Å². The van der Waals surface area contributed by atoms with Crippen molar-refractivity contribution >= 4 is 5.69 Å². The van der Waals surface area contributed by atoms with Crippen molar-refractivity contribution < 1.29 is 0 Å². The summed E-state index contributed by atoms with van der Waals surface area (Å²) in [6.45, 7) is 5.40. The predicted octanol–water partition coefficient (Wildman–Crippen LogP) is 3.11. The van der Waals surface area contributed by atoms with Crippen LogP contribution in [-0.4, -0.2) is 25.2 Å². The maximum Gasteiger partial charge on any atom is 0.106 e. The van der Waals surface area contributed by atoms with E-state index in [-0.39, 0.29) is 5.54 Å². The van der Waals surface area contributed by atoms with Gasteiger partial charge in [-0.05, 0) is 51.3 Å². The fraction of sp³-hybridized carbons (Fsp3) is 0.588. The molecule has 2 unspecified atom stereocenters. The lowest BCUT2D eigenvalue weighted by molar-refractivity contribution is 0.391. The fourth-order valence-electron chi connectivity index (χ4n) is 3.19. The number of fused-ring (bicyclic) bond motifs is 1. The van der Waals surface area contributed by atoms with Crippen LogP contribution in [0.5, 0.6) is 0 Å². The highest BCUT2D eigenvalue weighted by Crippen LogP contribution is 2.32. The van der Waals surface area contributed by atoms with Gasteiger partial charge < -0.3 is 10.2 Å². The Bertz CT molecular complexity index is 485. The van der Waals surface area contributed by atoms with Crippen molar-refractivity contribution in [3.8, 4) is 6.07 Å². The lowest BCUT2D eigenvalue weighted by Crippen LogP contribution is -2.42. The average Bonchev–Trinajstić information content (AvgIpc) is 2.80. The highest BCUT2D eigenvalue weighted by atomic mass is 15.2. The quantitative estimate of drug-likeness (QED) is 0.864. The molecule has 0 saturated heterocycles. The summed E-state index contributed by atoms with van der Waals surface area (Å²) in [5, 5.41) is 12.5. The molecule has 0 bridgehead atoms. The second kappa shape index (κ2) is 6.28. The number of para-hydroxylation sites is 1. The zero-order chi connectivity index (χ0) is 14.6. The van der Waals surface area contributed by atoms with Crippen LogP contribution in [0, 0.1) is 11.3 Å². The van der Waals surface area contributed by atoms with E-state index < -0.39 is 0 Å².